The lowest BCUT2D eigenvalue weighted by molar-refractivity contribution is -0.116. The van der Waals surface area contributed by atoms with Crippen LogP contribution in [0.5, 0.6) is 0 Å². The molecule has 0 atom stereocenters. The highest BCUT2D eigenvalue weighted by Gasteiger charge is 2.06. The smallest absolute Gasteiger partial charge is 0.335 e. The second-order valence-corrected chi connectivity index (χ2v) is 4.58. The number of hydrogen-bond donors (Lipinski definition) is 1. The van der Waals surface area contributed by atoms with E-state index in [1.54, 1.807) is 19.2 Å². The molecule has 110 valence electrons. The number of carboxylic acid groups (broad SMARTS) is 1. The summed E-state index contributed by atoms with van der Waals surface area (Å²) < 4.78 is 0. The van der Waals surface area contributed by atoms with E-state index in [0.29, 0.717) is 5.69 Å². The van der Waals surface area contributed by atoms with Crippen LogP contribution in [0.15, 0.2) is 54.6 Å². The van der Waals surface area contributed by atoms with E-state index in [9.17, 15) is 9.59 Å². The van der Waals surface area contributed by atoms with Crippen LogP contribution in [0.2, 0.25) is 0 Å². The van der Waals surface area contributed by atoms with Crippen molar-refractivity contribution in [2.45, 2.75) is 13.8 Å². The fraction of sp³-hybridized carbons (Fsp3) is 0.176. The van der Waals surface area contributed by atoms with E-state index in [1.807, 2.05) is 18.2 Å². The Morgan fingerprint density at radius 3 is 1.81 bits per heavy atom. The molecule has 4 heteroatoms. The Labute approximate surface area is 124 Å². The molecular weight excluding hydrogens is 266 g/mol. The summed E-state index contributed by atoms with van der Waals surface area (Å²) in [6.45, 7) is 3.53. The predicted molar refractivity (Wildman–Crippen MR) is 83.7 cm³/mol. The number of carbonyl (C=O) groups is 2. The number of aromatic carboxylic acids is 1. The van der Waals surface area contributed by atoms with Gasteiger partial charge in [-0.1, -0.05) is 35.9 Å². The van der Waals surface area contributed by atoms with Gasteiger partial charge < -0.3 is 10.0 Å². The van der Waals surface area contributed by atoms with Crippen molar-refractivity contribution in [1.82, 2.24) is 0 Å². The summed E-state index contributed by atoms with van der Waals surface area (Å²) in [7, 11) is 1.64. The molecule has 0 aliphatic carbocycles. The van der Waals surface area contributed by atoms with Crippen LogP contribution in [-0.4, -0.2) is 24.0 Å². The standard InChI is InChI=1S/C10H11NO3.C7H8/c1-7(12)11(2)9-5-3-8(4-6-9)10(13)14;1-7-5-3-2-4-6-7/h3-6H,1-2H3,(H,13,14);2-6H,1H3. The number of amides is 1. The first kappa shape index (κ1) is 16.4. The lowest BCUT2D eigenvalue weighted by Crippen LogP contribution is -2.22. The highest BCUT2D eigenvalue weighted by atomic mass is 16.4. The maximum absolute atomic E-state index is 11.0. The number of carboxylic acids is 1. The molecule has 0 fully saturated rings. The lowest BCUT2D eigenvalue weighted by Gasteiger charge is -2.14. The Morgan fingerprint density at radius 1 is 0.952 bits per heavy atom. The summed E-state index contributed by atoms with van der Waals surface area (Å²) in [5.41, 5.74) is 2.22. The van der Waals surface area contributed by atoms with E-state index in [-0.39, 0.29) is 11.5 Å². The minimum Gasteiger partial charge on any atom is -0.478 e. The number of hydrogen-bond acceptors (Lipinski definition) is 2. The Hall–Kier alpha value is -2.62. The number of anilines is 1. The number of rotatable bonds is 2. The van der Waals surface area contributed by atoms with Crippen LogP contribution in [0.1, 0.15) is 22.8 Å². The minimum atomic E-state index is -0.970. The van der Waals surface area contributed by atoms with Gasteiger partial charge in [-0.2, -0.15) is 0 Å². The van der Waals surface area contributed by atoms with Gasteiger partial charge in [-0.3, -0.25) is 4.79 Å². The van der Waals surface area contributed by atoms with Gasteiger partial charge in [0.15, 0.2) is 0 Å². The molecule has 0 bridgehead atoms. The summed E-state index contributed by atoms with van der Waals surface area (Å²) in [5.74, 6) is -1.06. The van der Waals surface area contributed by atoms with Gasteiger partial charge in [0.05, 0.1) is 5.56 Å². The quantitative estimate of drug-likeness (QED) is 0.920. The van der Waals surface area contributed by atoms with Gasteiger partial charge in [-0.05, 0) is 31.2 Å². The molecule has 0 heterocycles. The average Bonchev–Trinajstić information content (AvgIpc) is 2.48. The zero-order valence-corrected chi connectivity index (χ0v) is 12.4. The van der Waals surface area contributed by atoms with Crippen molar-refractivity contribution in [2.24, 2.45) is 0 Å². The van der Waals surface area contributed by atoms with Crippen LogP contribution in [0.25, 0.3) is 0 Å². The monoisotopic (exact) mass is 285 g/mol. The second-order valence-electron chi connectivity index (χ2n) is 4.58. The Kier molecular flexibility index (Phi) is 6.14. The van der Waals surface area contributed by atoms with Gasteiger partial charge in [0, 0.05) is 19.7 Å². The number of nitrogens with zero attached hydrogens (tertiary/aromatic N) is 1. The van der Waals surface area contributed by atoms with E-state index >= 15 is 0 Å². The first-order valence-corrected chi connectivity index (χ1v) is 6.51. The predicted octanol–water partition coefficient (Wildman–Crippen LogP) is 3.36. The van der Waals surface area contributed by atoms with Crippen LogP contribution >= 0.6 is 0 Å². The number of aryl methyl sites for hydroxylation is 1. The molecule has 0 saturated carbocycles. The second kappa shape index (κ2) is 7.85. The molecule has 0 aromatic heterocycles. The Morgan fingerprint density at radius 2 is 1.48 bits per heavy atom. The molecule has 0 saturated heterocycles. The van der Waals surface area contributed by atoms with E-state index < -0.39 is 5.97 Å². The normalized spacial score (nSPS) is 9.29. The topological polar surface area (TPSA) is 57.6 Å². The van der Waals surface area contributed by atoms with Gasteiger partial charge >= 0.3 is 5.97 Å². The zero-order valence-electron chi connectivity index (χ0n) is 12.4. The molecule has 4 nitrogen and oxygen atoms in total. The third-order valence-electron chi connectivity index (χ3n) is 2.91. The summed E-state index contributed by atoms with van der Waals surface area (Å²) in [5, 5.41) is 8.64. The largest absolute Gasteiger partial charge is 0.478 e. The van der Waals surface area contributed by atoms with Crippen LogP contribution in [0.4, 0.5) is 5.69 Å². The third kappa shape index (κ3) is 5.48. The van der Waals surface area contributed by atoms with Crippen molar-refractivity contribution < 1.29 is 14.7 Å². The fourth-order valence-corrected chi connectivity index (χ4v) is 1.54. The highest BCUT2D eigenvalue weighted by Crippen LogP contribution is 2.13. The lowest BCUT2D eigenvalue weighted by atomic mass is 10.2. The van der Waals surface area contributed by atoms with Gasteiger partial charge in [-0.15, -0.1) is 0 Å². The van der Waals surface area contributed by atoms with Crippen LogP contribution in [-0.2, 0) is 4.79 Å². The third-order valence-corrected chi connectivity index (χ3v) is 2.91. The van der Waals surface area contributed by atoms with Gasteiger partial charge in [-0.25, -0.2) is 4.79 Å². The molecule has 1 N–H and O–H groups in total. The molecule has 21 heavy (non-hydrogen) atoms. The van der Waals surface area contributed by atoms with Gasteiger partial charge in [0.2, 0.25) is 5.91 Å². The number of carbonyl (C=O) groups excluding carboxylic acids is 1. The first-order chi connectivity index (χ1) is 9.91. The maximum Gasteiger partial charge on any atom is 0.335 e. The Bertz CT molecular complexity index is 591. The van der Waals surface area contributed by atoms with Crippen LogP contribution in [0, 0.1) is 6.92 Å². The molecule has 1 amide bonds. The molecule has 0 radical (unpaired) electrons. The minimum absolute atomic E-state index is 0.0897. The first-order valence-electron chi connectivity index (χ1n) is 6.51. The van der Waals surface area contributed by atoms with Gasteiger partial charge in [0.1, 0.15) is 0 Å². The van der Waals surface area contributed by atoms with Crippen molar-refractivity contribution in [1.29, 1.82) is 0 Å². The highest BCUT2D eigenvalue weighted by molar-refractivity contribution is 5.92. The number of benzene rings is 2. The SMILES string of the molecule is CC(=O)N(C)c1ccc(C(=O)O)cc1.Cc1ccccc1. The van der Waals surface area contributed by atoms with Crippen LogP contribution < -0.4 is 4.90 Å². The molecule has 0 unspecified atom stereocenters. The molecule has 0 aliphatic rings. The fourth-order valence-electron chi connectivity index (χ4n) is 1.54. The molecular formula is C17H19NO3. The van der Waals surface area contributed by atoms with E-state index in [4.69, 9.17) is 5.11 Å². The van der Waals surface area contributed by atoms with E-state index in [0.717, 1.165) is 0 Å². The zero-order chi connectivity index (χ0) is 15.8. The van der Waals surface area contributed by atoms with Crippen molar-refractivity contribution in [3.8, 4) is 0 Å². The van der Waals surface area contributed by atoms with Gasteiger partial charge in [0.25, 0.3) is 0 Å². The van der Waals surface area contributed by atoms with Crippen molar-refractivity contribution >= 4 is 17.6 Å². The van der Waals surface area contributed by atoms with Crippen LogP contribution in [0.3, 0.4) is 0 Å². The summed E-state index contributed by atoms with van der Waals surface area (Å²) in [6, 6.07) is 16.4. The van der Waals surface area contributed by atoms with E-state index in [2.05, 4.69) is 19.1 Å². The Balaban J connectivity index is 0.000000262. The molecule has 0 aliphatic heterocycles. The summed E-state index contributed by atoms with van der Waals surface area (Å²) >= 11 is 0. The van der Waals surface area contributed by atoms with Crippen molar-refractivity contribution in [3.63, 3.8) is 0 Å². The molecule has 0 spiro atoms. The van der Waals surface area contributed by atoms with Crippen molar-refractivity contribution in [3.05, 3.63) is 65.7 Å². The molecule has 2 aromatic rings. The summed E-state index contributed by atoms with van der Waals surface area (Å²) in [6.07, 6.45) is 0. The summed E-state index contributed by atoms with van der Waals surface area (Å²) in [4.78, 5) is 23.0. The molecule has 2 rings (SSSR count). The molecule has 2 aromatic carbocycles. The maximum atomic E-state index is 11.0. The average molecular weight is 285 g/mol. The van der Waals surface area contributed by atoms with E-state index in [1.165, 1.54) is 29.5 Å². The van der Waals surface area contributed by atoms with Crippen molar-refractivity contribution in [2.75, 3.05) is 11.9 Å².